The van der Waals surface area contributed by atoms with E-state index in [4.69, 9.17) is 0 Å². The molecule has 0 bridgehead atoms. The van der Waals surface area contributed by atoms with Gasteiger partial charge in [-0.25, -0.2) is 0 Å². The second-order valence-corrected chi connectivity index (χ2v) is 5.43. The minimum absolute atomic E-state index is 0.0601. The SMILES string of the molecule is Cc1c(CNC(=O)c2sccc2Br)cnn1C. The summed E-state index contributed by atoms with van der Waals surface area (Å²) in [6.07, 6.45) is 1.78. The lowest BCUT2D eigenvalue weighted by Gasteiger charge is -2.03. The molecule has 4 nitrogen and oxygen atoms in total. The Morgan fingerprint density at radius 1 is 1.65 bits per heavy atom. The lowest BCUT2D eigenvalue weighted by Crippen LogP contribution is -2.22. The van der Waals surface area contributed by atoms with Crippen molar-refractivity contribution in [3.63, 3.8) is 0 Å². The second kappa shape index (κ2) is 5.01. The molecule has 0 aromatic carbocycles. The maximum atomic E-state index is 11.9. The predicted octanol–water partition coefficient (Wildman–Crippen LogP) is 2.48. The van der Waals surface area contributed by atoms with E-state index < -0.39 is 0 Å². The van der Waals surface area contributed by atoms with Crippen LogP contribution in [0.5, 0.6) is 0 Å². The molecule has 2 rings (SSSR count). The van der Waals surface area contributed by atoms with Crippen molar-refractivity contribution in [3.05, 3.63) is 38.3 Å². The average molecular weight is 314 g/mol. The molecular weight excluding hydrogens is 302 g/mol. The van der Waals surface area contributed by atoms with Crippen molar-refractivity contribution in [3.8, 4) is 0 Å². The molecule has 0 unspecified atom stereocenters. The Kier molecular flexibility index (Phi) is 3.63. The number of nitrogens with one attached hydrogen (secondary N) is 1. The van der Waals surface area contributed by atoms with E-state index in [0.717, 1.165) is 15.7 Å². The zero-order valence-corrected chi connectivity index (χ0v) is 11.9. The fourth-order valence-corrected chi connectivity index (χ4v) is 2.90. The Hall–Kier alpha value is -1.14. The van der Waals surface area contributed by atoms with Crippen molar-refractivity contribution in [2.24, 2.45) is 7.05 Å². The van der Waals surface area contributed by atoms with Crippen LogP contribution in [0.2, 0.25) is 0 Å². The zero-order valence-electron chi connectivity index (χ0n) is 9.53. The molecule has 0 aliphatic carbocycles. The maximum absolute atomic E-state index is 11.9. The number of halogens is 1. The lowest BCUT2D eigenvalue weighted by atomic mass is 10.2. The van der Waals surface area contributed by atoms with E-state index in [2.05, 4.69) is 26.3 Å². The van der Waals surface area contributed by atoms with Gasteiger partial charge in [-0.1, -0.05) is 0 Å². The van der Waals surface area contributed by atoms with Gasteiger partial charge in [-0.15, -0.1) is 11.3 Å². The highest BCUT2D eigenvalue weighted by molar-refractivity contribution is 9.10. The fourth-order valence-electron chi connectivity index (χ4n) is 1.43. The number of carbonyl (C=O) groups excluding carboxylic acids is 1. The number of nitrogens with zero attached hydrogens (tertiary/aromatic N) is 2. The Labute approximate surface area is 112 Å². The number of hydrogen-bond acceptors (Lipinski definition) is 3. The van der Waals surface area contributed by atoms with E-state index in [0.29, 0.717) is 11.4 Å². The monoisotopic (exact) mass is 313 g/mol. The standard InChI is InChI=1S/C11H12BrN3OS/c1-7-8(6-14-15(7)2)5-13-11(16)10-9(12)3-4-17-10/h3-4,6H,5H2,1-2H3,(H,13,16). The van der Waals surface area contributed by atoms with Crippen LogP contribution in [0.1, 0.15) is 20.9 Å². The Morgan fingerprint density at radius 2 is 2.41 bits per heavy atom. The van der Waals surface area contributed by atoms with Gasteiger partial charge in [-0.3, -0.25) is 9.48 Å². The van der Waals surface area contributed by atoms with Gasteiger partial charge in [0.15, 0.2) is 0 Å². The Morgan fingerprint density at radius 3 is 2.94 bits per heavy atom. The van der Waals surface area contributed by atoms with Crippen LogP contribution in [0.4, 0.5) is 0 Å². The Bertz CT molecular complexity index is 547. The highest BCUT2D eigenvalue weighted by Crippen LogP contribution is 2.22. The summed E-state index contributed by atoms with van der Waals surface area (Å²) in [5.74, 6) is -0.0601. The molecule has 0 saturated heterocycles. The number of aryl methyl sites for hydroxylation is 1. The number of thiophene rings is 1. The van der Waals surface area contributed by atoms with E-state index in [1.165, 1.54) is 11.3 Å². The van der Waals surface area contributed by atoms with Gasteiger partial charge in [0.25, 0.3) is 5.91 Å². The van der Waals surface area contributed by atoms with E-state index in [1.807, 2.05) is 25.4 Å². The van der Waals surface area contributed by atoms with Gasteiger partial charge < -0.3 is 5.32 Å². The predicted molar refractivity (Wildman–Crippen MR) is 71.1 cm³/mol. The van der Waals surface area contributed by atoms with E-state index in [9.17, 15) is 4.79 Å². The molecule has 0 spiro atoms. The summed E-state index contributed by atoms with van der Waals surface area (Å²) in [5.41, 5.74) is 2.10. The molecule has 90 valence electrons. The zero-order chi connectivity index (χ0) is 12.4. The molecular formula is C11H12BrN3OS. The summed E-state index contributed by atoms with van der Waals surface area (Å²) in [7, 11) is 1.89. The molecule has 0 saturated carbocycles. The van der Waals surface area contributed by atoms with Crippen LogP contribution in [0.25, 0.3) is 0 Å². The first-order valence-corrected chi connectivity index (χ1v) is 6.75. The molecule has 6 heteroatoms. The van der Waals surface area contributed by atoms with Gasteiger partial charge in [0, 0.05) is 29.3 Å². The van der Waals surface area contributed by atoms with Crippen molar-refractivity contribution < 1.29 is 4.79 Å². The number of carbonyl (C=O) groups is 1. The average Bonchev–Trinajstić information content (AvgIpc) is 2.85. The highest BCUT2D eigenvalue weighted by Gasteiger charge is 2.12. The molecule has 0 atom stereocenters. The quantitative estimate of drug-likeness (QED) is 0.946. The molecule has 1 amide bonds. The van der Waals surface area contributed by atoms with Crippen molar-refractivity contribution in [1.82, 2.24) is 15.1 Å². The van der Waals surface area contributed by atoms with E-state index in [1.54, 1.807) is 10.9 Å². The molecule has 0 aliphatic heterocycles. The van der Waals surface area contributed by atoms with Crippen LogP contribution < -0.4 is 5.32 Å². The largest absolute Gasteiger partial charge is 0.347 e. The highest BCUT2D eigenvalue weighted by atomic mass is 79.9. The summed E-state index contributed by atoms with van der Waals surface area (Å²) in [6.45, 7) is 2.48. The third-order valence-electron chi connectivity index (χ3n) is 2.60. The van der Waals surface area contributed by atoms with Gasteiger partial charge in [0.05, 0.1) is 6.20 Å². The molecule has 0 radical (unpaired) electrons. The number of amides is 1. The minimum Gasteiger partial charge on any atom is -0.347 e. The molecule has 0 fully saturated rings. The van der Waals surface area contributed by atoms with Gasteiger partial charge >= 0.3 is 0 Å². The van der Waals surface area contributed by atoms with Crippen LogP contribution >= 0.6 is 27.3 Å². The van der Waals surface area contributed by atoms with Crippen LogP contribution in [-0.4, -0.2) is 15.7 Å². The maximum Gasteiger partial charge on any atom is 0.262 e. The first-order valence-electron chi connectivity index (χ1n) is 5.08. The molecule has 2 aromatic rings. The van der Waals surface area contributed by atoms with Crippen molar-refractivity contribution in [1.29, 1.82) is 0 Å². The fraction of sp³-hybridized carbons (Fsp3) is 0.273. The summed E-state index contributed by atoms with van der Waals surface area (Å²) < 4.78 is 2.63. The molecule has 2 aromatic heterocycles. The second-order valence-electron chi connectivity index (χ2n) is 3.66. The number of rotatable bonds is 3. The minimum atomic E-state index is -0.0601. The van der Waals surface area contributed by atoms with Crippen molar-refractivity contribution in [2.45, 2.75) is 13.5 Å². The number of hydrogen-bond donors (Lipinski definition) is 1. The summed E-state index contributed by atoms with van der Waals surface area (Å²) in [6, 6.07) is 1.87. The first-order chi connectivity index (χ1) is 8.09. The van der Waals surface area contributed by atoms with Gasteiger partial charge in [0.1, 0.15) is 4.88 Å². The third-order valence-corrected chi connectivity index (χ3v) is 4.44. The number of aromatic nitrogens is 2. The van der Waals surface area contributed by atoms with Crippen LogP contribution in [0.3, 0.4) is 0 Å². The normalized spacial score (nSPS) is 10.5. The molecule has 0 aliphatic rings. The summed E-state index contributed by atoms with van der Waals surface area (Å²) in [5, 5.41) is 8.90. The third kappa shape index (κ3) is 2.58. The molecule has 2 heterocycles. The van der Waals surface area contributed by atoms with Crippen LogP contribution in [0, 0.1) is 6.92 Å². The van der Waals surface area contributed by atoms with E-state index >= 15 is 0 Å². The van der Waals surface area contributed by atoms with Crippen LogP contribution in [0.15, 0.2) is 22.1 Å². The lowest BCUT2D eigenvalue weighted by molar-refractivity contribution is 0.0954. The first kappa shape index (κ1) is 12.3. The molecule has 17 heavy (non-hydrogen) atoms. The Balaban J connectivity index is 2.02. The van der Waals surface area contributed by atoms with Crippen molar-refractivity contribution in [2.75, 3.05) is 0 Å². The summed E-state index contributed by atoms with van der Waals surface area (Å²) >= 11 is 4.77. The van der Waals surface area contributed by atoms with Gasteiger partial charge in [-0.2, -0.15) is 5.10 Å². The smallest absolute Gasteiger partial charge is 0.262 e. The summed E-state index contributed by atoms with van der Waals surface area (Å²) in [4.78, 5) is 12.6. The van der Waals surface area contributed by atoms with Crippen LogP contribution in [-0.2, 0) is 13.6 Å². The van der Waals surface area contributed by atoms with E-state index in [-0.39, 0.29) is 5.91 Å². The van der Waals surface area contributed by atoms with Gasteiger partial charge in [0.2, 0.25) is 0 Å². The topological polar surface area (TPSA) is 46.9 Å². The van der Waals surface area contributed by atoms with Crippen molar-refractivity contribution >= 4 is 33.2 Å². The van der Waals surface area contributed by atoms with Gasteiger partial charge in [-0.05, 0) is 34.3 Å². The molecule has 1 N–H and O–H groups in total.